The number of rotatable bonds is 5. The van der Waals surface area contributed by atoms with Crippen LogP contribution < -0.4 is 10.1 Å². The summed E-state index contributed by atoms with van der Waals surface area (Å²) in [4.78, 5) is 11.8. The molecule has 15 heavy (non-hydrogen) atoms. The molecule has 0 saturated carbocycles. The maximum atomic E-state index is 11.8. The summed E-state index contributed by atoms with van der Waals surface area (Å²) in [6.07, 6.45) is 0.438. The van der Waals surface area contributed by atoms with Gasteiger partial charge in [-0.1, -0.05) is 11.6 Å². The number of methoxy groups -OCH3 is 1. The van der Waals surface area contributed by atoms with Crippen LogP contribution in [0.4, 0.5) is 0 Å². The summed E-state index contributed by atoms with van der Waals surface area (Å²) in [5.41, 5.74) is 0.542. The van der Waals surface area contributed by atoms with Crippen molar-refractivity contribution in [1.82, 2.24) is 5.32 Å². The Morgan fingerprint density at radius 2 is 2.27 bits per heavy atom. The van der Waals surface area contributed by atoms with Crippen LogP contribution in [0.15, 0.2) is 18.2 Å². The fourth-order valence-electron chi connectivity index (χ4n) is 1.27. The highest BCUT2D eigenvalue weighted by molar-refractivity contribution is 6.31. The van der Waals surface area contributed by atoms with Gasteiger partial charge in [0, 0.05) is 18.0 Å². The van der Waals surface area contributed by atoms with Gasteiger partial charge in [0.1, 0.15) is 5.75 Å². The molecule has 1 aromatic carbocycles. The lowest BCUT2D eigenvalue weighted by Crippen LogP contribution is -2.13. The summed E-state index contributed by atoms with van der Waals surface area (Å²) in [6, 6.07) is 5.04. The van der Waals surface area contributed by atoms with Crippen LogP contribution in [0.25, 0.3) is 0 Å². The number of halogens is 1. The molecule has 0 heterocycles. The Morgan fingerprint density at radius 3 is 2.87 bits per heavy atom. The third-order valence-electron chi connectivity index (χ3n) is 2.06. The fourth-order valence-corrected chi connectivity index (χ4v) is 1.44. The van der Waals surface area contributed by atoms with Crippen LogP contribution in [-0.2, 0) is 0 Å². The van der Waals surface area contributed by atoms with Gasteiger partial charge in [-0.15, -0.1) is 0 Å². The topological polar surface area (TPSA) is 38.3 Å². The van der Waals surface area contributed by atoms with Crippen molar-refractivity contribution in [1.29, 1.82) is 0 Å². The Bertz CT molecular complexity index is 352. The summed E-state index contributed by atoms with van der Waals surface area (Å²) in [5.74, 6) is 0.601. The first-order chi connectivity index (χ1) is 7.19. The van der Waals surface area contributed by atoms with Crippen molar-refractivity contribution in [3.8, 4) is 5.75 Å². The number of ketones is 1. The van der Waals surface area contributed by atoms with Gasteiger partial charge in [0.15, 0.2) is 5.78 Å². The van der Waals surface area contributed by atoms with E-state index in [-0.39, 0.29) is 5.78 Å². The predicted molar refractivity (Wildman–Crippen MR) is 60.9 cm³/mol. The highest BCUT2D eigenvalue weighted by Gasteiger charge is 2.11. The molecule has 0 aromatic heterocycles. The smallest absolute Gasteiger partial charge is 0.167 e. The molecule has 0 saturated heterocycles. The van der Waals surface area contributed by atoms with Crippen molar-refractivity contribution >= 4 is 17.4 Å². The number of hydrogen-bond donors (Lipinski definition) is 1. The molecule has 4 heteroatoms. The summed E-state index contributed by atoms with van der Waals surface area (Å²) >= 11 is 5.83. The van der Waals surface area contributed by atoms with Crippen LogP contribution in [0.3, 0.4) is 0 Å². The van der Waals surface area contributed by atoms with E-state index < -0.39 is 0 Å². The molecule has 0 bridgehead atoms. The molecule has 0 unspecified atom stereocenters. The number of carbonyl (C=O) groups is 1. The Hall–Kier alpha value is -1.06. The van der Waals surface area contributed by atoms with Crippen LogP contribution in [0.2, 0.25) is 5.02 Å². The molecule has 0 aliphatic rings. The van der Waals surface area contributed by atoms with E-state index in [1.165, 1.54) is 7.11 Å². The second-order valence-corrected chi connectivity index (χ2v) is 3.56. The van der Waals surface area contributed by atoms with Gasteiger partial charge in [0.25, 0.3) is 0 Å². The molecule has 0 atom stereocenters. The number of Topliss-reactive ketones (excluding diaryl/α,β-unsaturated/α-hetero) is 1. The molecular weight excluding hydrogens is 214 g/mol. The first-order valence-corrected chi connectivity index (χ1v) is 5.08. The summed E-state index contributed by atoms with van der Waals surface area (Å²) < 4.78 is 5.10. The predicted octanol–water partition coefficient (Wildman–Crippen LogP) is 2.14. The minimum Gasteiger partial charge on any atom is -0.496 e. The van der Waals surface area contributed by atoms with Gasteiger partial charge in [-0.25, -0.2) is 0 Å². The Labute approximate surface area is 94.4 Å². The van der Waals surface area contributed by atoms with Gasteiger partial charge in [-0.3, -0.25) is 4.79 Å². The van der Waals surface area contributed by atoms with Gasteiger partial charge in [0.2, 0.25) is 0 Å². The zero-order valence-corrected chi connectivity index (χ0v) is 9.60. The lowest BCUT2D eigenvalue weighted by Gasteiger charge is -2.07. The van der Waals surface area contributed by atoms with Gasteiger partial charge in [0.05, 0.1) is 12.7 Å². The number of benzene rings is 1. The Morgan fingerprint density at radius 1 is 1.53 bits per heavy atom. The van der Waals surface area contributed by atoms with Crippen molar-refractivity contribution in [3.05, 3.63) is 28.8 Å². The van der Waals surface area contributed by atoms with E-state index in [2.05, 4.69) is 5.32 Å². The average molecular weight is 228 g/mol. The van der Waals surface area contributed by atoms with Crippen molar-refractivity contribution in [2.75, 3.05) is 20.7 Å². The summed E-state index contributed by atoms with van der Waals surface area (Å²) in [5, 5.41) is 3.47. The van der Waals surface area contributed by atoms with Gasteiger partial charge in [-0.2, -0.15) is 0 Å². The number of ether oxygens (including phenoxy) is 1. The molecule has 0 spiro atoms. The minimum absolute atomic E-state index is 0.0312. The van der Waals surface area contributed by atoms with Crippen LogP contribution in [0.5, 0.6) is 5.75 Å². The van der Waals surface area contributed by atoms with Crippen molar-refractivity contribution in [2.45, 2.75) is 6.42 Å². The first kappa shape index (κ1) is 12.0. The fraction of sp³-hybridized carbons (Fsp3) is 0.364. The van der Waals surface area contributed by atoms with Crippen molar-refractivity contribution in [2.24, 2.45) is 0 Å². The minimum atomic E-state index is 0.0312. The Balaban J connectivity index is 2.90. The van der Waals surface area contributed by atoms with Crippen LogP contribution in [0, 0.1) is 0 Å². The molecule has 0 fully saturated rings. The highest BCUT2D eigenvalue weighted by Crippen LogP contribution is 2.23. The van der Waals surface area contributed by atoms with E-state index in [1.54, 1.807) is 18.2 Å². The SMILES string of the molecule is CNCCC(=O)c1cc(Cl)ccc1OC. The number of nitrogens with one attached hydrogen (secondary N) is 1. The molecule has 1 N–H and O–H groups in total. The second kappa shape index (κ2) is 5.73. The lowest BCUT2D eigenvalue weighted by molar-refractivity contribution is 0.0980. The van der Waals surface area contributed by atoms with E-state index in [9.17, 15) is 4.79 Å². The highest BCUT2D eigenvalue weighted by atomic mass is 35.5. The average Bonchev–Trinajstić information content (AvgIpc) is 2.25. The van der Waals surface area contributed by atoms with Crippen LogP contribution >= 0.6 is 11.6 Å². The van der Waals surface area contributed by atoms with E-state index in [1.807, 2.05) is 7.05 Å². The number of carbonyl (C=O) groups excluding carboxylic acids is 1. The third-order valence-corrected chi connectivity index (χ3v) is 2.30. The molecular formula is C11H14ClNO2. The normalized spacial score (nSPS) is 10.1. The molecule has 0 amide bonds. The van der Waals surface area contributed by atoms with E-state index in [4.69, 9.17) is 16.3 Å². The van der Waals surface area contributed by atoms with Crippen molar-refractivity contribution < 1.29 is 9.53 Å². The molecule has 1 rings (SSSR count). The molecule has 1 aromatic rings. The van der Waals surface area contributed by atoms with Crippen molar-refractivity contribution in [3.63, 3.8) is 0 Å². The van der Waals surface area contributed by atoms with E-state index in [0.717, 1.165) is 0 Å². The van der Waals surface area contributed by atoms with Gasteiger partial charge in [-0.05, 0) is 25.2 Å². The number of hydrogen-bond acceptors (Lipinski definition) is 3. The van der Waals surface area contributed by atoms with Crippen LogP contribution in [-0.4, -0.2) is 26.5 Å². The molecule has 3 nitrogen and oxygen atoms in total. The molecule has 0 radical (unpaired) electrons. The molecule has 82 valence electrons. The van der Waals surface area contributed by atoms with E-state index >= 15 is 0 Å². The summed E-state index contributed by atoms with van der Waals surface area (Å²) in [6.45, 7) is 0.647. The van der Waals surface area contributed by atoms with Gasteiger partial charge < -0.3 is 10.1 Å². The molecule has 0 aliphatic heterocycles. The largest absolute Gasteiger partial charge is 0.496 e. The summed E-state index contributed by atoms with van der Waals surface area (Å²) in [7, 11) is 3.35. The third kappa shape index (κ3) is 3.22. The van der Waals surface area contributed by atoms with Crippen LogP contribution in [0.1, 0.15) is 16.8 Å². The standard InChI is InChI=1S/C11H14ClNO2/c1-13-6-5-10(14)9-7-8(12)3-4-11(9)15-2/h3-4,7,13H,5-6H2,1-2H3. The first-order valence-electron chi connectivity index (χ1n) is 4.70. The monoisotopic (exact) mass is 227 g/mol. The maximum absolute atomic E-state index is 11.8. The molecule has 0 aliphatic carbocycles. The zero-order chi connectivity index (χ0) is 11.3. The second-order valence-electron chi connectivity index (χ2n) is 3.12. The quantitative estimate of drug-likeness (QED) is 0.784. The zero-order valence-electron chi connectivity index (χ0n) is 8.84. The maximum Gasteiger partial charge on any atom is 0.167 e. The van der Waals surface area contributed by atoms with E-state index in [0.29, 0.717) is 29.3 Å². The lowest BCUT2D eigenvalue weighted by atomic mass is 10.1. The van der Waals surface area contributed by atoms with Gasteiger partial charge >= 0.3 is 0 Å². The Kier molecular flexibility index (Phi) is 4.59.